The Balaban J connectivity index is 2.26. The van der Waals surface area contributed by atoms with Crippen molar-refractivity contribution in [3.63, 3.8) is 0 Å². The van der Waals surface area contributed by atoms with Crippen LogP contribution in [0.4, 0.5) is 5.69 Å². The Kier molecular flexibility index (Phi) is 4.90. The normalized spacial score (nSPS) is 12.4. The lowest BCUT2D eigenvalue weighted by Gasteiger charge is -2.16. The summed E-state index contributed by atoms with van der Waals surface area (Å²) in [5, 5.41) is 7.93. The molecule has 0 aliphatic carbocycles. The van der Waals surface area contributed by atoms with Crippen molar-refractivity contribution in [3.8, 4) is 0 Å². The van der Waals surface area contributed by atoms with E-state index in [2.05, 4.69) is 26.3 Å². The molecule has 0 saturated heterocycles. The number of halogens is 2. The number of hydrogen-bond acceptors (Lipinski definition) is 3. The molecule has 1 aromatic heterocycles. The zero-order valence-electron chi connectivity index (χ0n) is 11.7. The van der Waals surface area contributed by atoms with E-state index < -0.39 is 11.9 Å². The minimum atomic E-state index is -0.648. The van der Waals surface area contributed by atoms with Gasteiger partial charge in [0, 0.05) is 28.0 Å². The van der Waals surface area contributed by atoms with Gasteiger partial charge < -0.3 is 11.1 Å². The van der Waals surface area contributed by atoms with Crippen LogP contribution < -0.4 is 11.1 Å². The molecule has 2 rings (SSSR count). The van der Waals surface area contributed by atoms with Gasteiger partial charge in [-0.05, 0) is 48.0 Å². The lowest BCUT2D eigenvalue weighted by Crippen LogP contribution is -2.27. The second kappa shape index (κ2) is 6.49. The van der Waals surface area contributed by atoms with Crippen LogP contribution in [0.5, 0.6) is 0 Å². The Morgan fingerprint density at radius 3 is 2.71 bits per heavy atom. The van der Waals surface area contributed by atoms with Gasteiger partial charge >= 0.3 is 0 Å². The van der Waals surface area contributed by atoms with Gasteiger partial charge in [-0.25, -0.2) is 0 Å². The van der Waals surface area contributed by atoms with Crippen LogP contribution in [0.15, 0.2) is 35.1 Å². The topological polar surface area (TPSA) is 72.9 Å². The van der Waals surface area contributed by atoms with E-state index in [1.165, 1.54) is 0 Å². The van der Waals surface area contributed by atoms with Crippen LogP contribution in [0.2, 0.25) is 5.02 Å². The third-order valence-electron chi connectivity index (χ3n) is 3.00. The van der Waals surface area contributed by atoms with E-state index in [0.717, 1.165) is 15.7 Å². The van der Waals surface area contributed by atoms with Crippen LogP contribution in [-0.2, 0) is 4.79 Å². The number of benzene rings is 1. The van der Waals surface area contributed by atoms with E-state index in [-0.39, 0.29) is 6.04 Å². The minimum Gasteiger partial charge on any atom is -0.370 e. The monoisotopic (exact) mass is 370 g/mol. The highest BCUT2D eigenvalue weighted by atomic mass is 79.9. The van der Waals surface area contributed by atoms with Gasteiger partial charge in [0.2, 0.25) is 5.91 Å². The largest absolute Gasteiger partial charge is 0.370 e. The van der Waals surface area contributed by atoms with Crippen LogP contribution in [0, 0.1) is 0 Å². The van der Waals surface area contributed by atoms with Crippen LogP contribution in [0.1, 0.15) is 31.5 Å². The first kappa shape index (κ1) is 15.9. The molecule has 0 saturated carbocycles. The Labute approximate surface area is 136 Å². The standard InChI is InChI=1S/C14H16BrClN4O/c1-8(2)20-7-9(6-18-20)13(14(17)21)19-10-3-4-12(16)11(15)5-10/h3-8,13,19H,1-2H3,(H2,17,21). The molecule has 1 heterocycles. The molecule has 1 aromatic carbocycles. The van der Waals surface area contributed by atoms with E-state index in [1.54, 1.807) is 29.1 Å². The lowest BCUT2D eigenvalue weighted by molar-refractivity contribution is -0.118. The number of carbonyl (C=O) groups is 1. The molecule has 112 valence electrons. The molecule has 2 aromatic rings. The molecule has 0 fully saturated rings. The number of anilines is 1. The number of primary amides is 1. The molecule has 21 heavy (non-hydrogen) atoms. The predicted octanol–water partition coefficient (Wildman–Crippen LogP) is 3.52. The van der Waals surface area contributed by atoms with Crippen molar-refractivity contribution in [2.24, 2.45) is 5.73 Å². The summed E-state index contributed by atoms with van der Waals surface area (Å²) in [5.74, 6) is -0.468. The number of rotatable bonds is 5. The van der Waals surface area contributed by atoms with E-state index in [1.807, 2.05) is 20.0 Å². The molecule has 1 atom stereocenters. The van der Waals surface area contributed by atoms with E-state index >= 15 is 0 Å². The summed E-state index contributed by atoms with van der Waals surface area (Å²) in [5.41, 5.74) is 6.96. The third kappa shape index (κ3) is 3.77. The summed E-state index contributed by atoms with van der Waals surface area (Å²) >= 11 is 9.30. The van der Waals surface area contributed by atoms with E-state index in [9.17, 15) is 4.79 Å². The maximum Gasteiger partial charge on any atom is 0.244 e. The molecule has 7 heteroatoms. The van der Waals surface area contributed by atoms with Crippen molar-refractivity contribution >= 4 is 39.1 Å². The van der Waals surface area contributed by atoms with Crippen molar-refractivity contribution < 1.29 is 4.79 Å². The van der Waals surface area contributed by atoms with Gasteiger partial charge in [0.1, 0.15) is 6.04 Å². The van der Waals surface area contributed by atoms with Crippen LogP contribution in [0.3, 0.4) is 0 Å². The Morgan fingerprint density at radius 2 is 2.19 bits per heavy atom. The summed E-state index contributed by atoms with van der Waals surface area (Å²) in [6.07, 6.45) is 3.46. The van der Waals surface area contributed by atoms with E-state index in [0.29, 0.717) is 5.02 Å². The number of nitrogens with zero attached hydrogens (tertiary/aromatic N) is 2. The van der Waals surface area contributed by atoms with Gasteiger partial charge in [0.05, 0.1) is 11.2 Å². The summed E-state index contributed by atoms with van der Waals surface area (Å²) in [7, 11) is 0. The highest BCUT2D eigenvalue weighted by Crippen LogP contribution is 2.28. The van der Waals surface area contributed by atoms with Gasteiger partial charge in [-0.15, -0.1) is 0 Å². The van der Waals surface area contributed by atoms with Crippen LogP contribution in [-0.4, -0.2) is 15.7 Å². The SMILES string of the molecule is CC(C)n1cc(C(Nc2ccc(Cl)c(Br)c2)C(N)=O)cn1. The highest BCUT2D eigenvalue weighted by molar-refractivity contribution is 9.10. The fraction of sp³-hybridized carbons (Fsp3) is 0.286. The van der Waals surface area contributed by atoms with Crippen molar-refractivity contribution in [1.29, 1.82) is 0 Å². The highest BCUT2D eigenvalue weighted by Gasteiger charge is 2.20. The second-order valence-electron chi connectivity index (χ2n) is 4.96. The molecular weight excluding hydrogens is 356 g/mol. The summed E-state index contributed by atoms with van der Waals surface area (Å²) in [4.78, 5) is 11.7. The molecule has 1 amide bonds. The average molecular weight is 372 g/mol. The van der Waals surface area contributed by atoms with Gasteiger partial charge in [0.15, 0.2) is 0 Å². The first-order chi connectivity index (χ1) is 9.88. The summed E-state index contributed by atoms with van der Waals surface area (Å²) in [6.45, 7) is 4.03. The van der Waals surface area contributed by atoms with Crippen LogP contribution >= 0.6 is 27.5 Å². The Hall–Kier alpha value is -1.53. The first-order valence-electron chi connectivity index (χ1n) is 6.43. The number of nitrogens with two attached hydrogens (primary N) is 1. The minimum absolute atomic E-state index is 0.219. The predicted molar refractivity (Wildman–Crippen MR) is 87.3 cm³/mol. The average Bonchev–Trinajstić information content (AvgIpc) is 2.89. The molecule has 1 unspecified atom stereocenters. The molecule has 0 aliphatic rings. The third-order valence-corrected chi connectivity index (χ3v) is 4.21. The summed E-state index contributed by atoms with van der Waals surface area (Å²) < 4.78 is 2.53. The molecule has 0 bridgehead atoms. The van der Waals surface area contributed by atoms with Gasteiger partial charge in [-0.2, -0.15) is 5.10 Å². The van der Waals surface area contributed by atoms with Gasteiger partial charge in [-0.1, -0.05) is 11.6 Å². The number of aromatic nitrogens is 2. The molecule has 0 aliphatic heterocycles. The Bertz CT molecular complexity index is 656. The molecular formula is C14H16BrClN4O. The fourth-order valence-electron chi connectivity index (χ4n) is 1.86. The molecule has 0 radical (unpaired) electrons. The van der Waals surface area contributed by atoms with Gasteiger partial charge in [-0.3, -0.25) is 9.48 Å². The molecule has 0 spiro atoms. The number of hydrogen-bond donors (Lipinski definition) is 2. The van der Waals surface area contributed by atoms with Crippen molar-refractivity contribution in [3.05, 3.63) is 45.7 Å². The maximum absolute atomic E-state index is 11.7. The van der Waals surface area contributed by atoms with E-state index in [4.69, 9.17) is 17.3 Å². The zero-order valence-corrected chi connectivity index (χ0v) is 14.0. The van der Waals surface area contributed by atoms with Crippen molar-refractivity contribution in [2.45, 2.75) is 25.9 Å². The number of carbonyl (C=O) groups excluding carboxylic acids is 1. The smallest absolute Gasteiger partial charge is 0.244 e. The van der Waals surface area contributed by atoms with Crippen molar-refractivity contribution in [1.82, 2.24) is 9.78 Å². The van der Waals surface area contributed by atoms with Crippen molar-refractivity contribution in [2.75, 3.05) is 5.32 Å². The fourth-order valence-corrected chi connectivity index (χ4v) is 2.35. The molecule has 5 nitrogen and oxygen atoms in total. The summed E-state index contributed by atoms with van der Waals surface area (Å²) in [6, 6.07) is 4.90. The number of nitrogens with one attached hydrogen (secondary N) is 1. The second-order valence-corrected chi connectivity index (χ2v) is 6.22. The maximum atomic E-state index is 11.7. The number of amides is 1. The molecule has 3 N–H and O–H groups in total. The zero-order chi connectivity index (χ0) is 15.6. The quantitative estimate of drug-likeness (QED) is 0.844. The van der Waals surface area contributed by atoms with Crippen LogP contribution in [0.25, 0.3) is 0 Å². The first-order valence-corrected chi connectivity index (χ1v) is 7.60. The van der Waals surface area contributed by atoms with Gasteiger partial charge in [0.25, 0.3) is 0 Å². The Morgan fingerprint density at radius 1 is 1.48 bits per heavy atom. The lowest BCUT2D eigenvalue weighted by atomic mass is 10.1.